The predicted octanol–water partition coefficient (Wildman–Crippen LogP) is 3.02. The summed E-state index contributed by atoms with van der Waals surface area (Å²) in [6.45, 7) is 0.670. The third-order valence-corrected chi connectivity index (χ3v) is 6.44. The van der Waals surface area contributed by atoms with Crippen LogP contribution in [0.1, 0.15) is 11.3 Å². The van der Waals surface area contributed by atoms with Gasteiger partial charge in [-0.25, -0.2) is 18.4 Å². The van der Waals surface area contributed by atoms with Crippen LogP contribution in [-0.2, 0) is 23.0 Å². The molecule has 0 saturated heterocycles. The van der Waals surface area contributed by atoms with E-state index in [-0.39, 0.29) is 11.4 Å². The lowest BCUT2D eigenvalue weighted by molar-refractivity contribution is 0.378. The van der Waals surface area contributed by atoms with E-state index in [0.717, 1.165) is 11.3 Å². The van der Waals surface area contributed by atoms with Crippen LogP contribution in [-0.4, -0.2) is 36.3 Å². The molecule has 28 heavy (non-hydrogen) atoms. The maximum atomic E-state index is 13.0. The molecule has 0 fully saturated rings. The molecular formula is C20H19N3O4S. The Morgan fingerprint density at radius 2 is 1.79 bits per heavy atom. The van der Waals surface area contributed by atoms with Crippen LogP contribution in [0.15, 0.2) is 66.0 Å². The van der Waals surface area contributed by atoms with Gasteiger partial charge in [-0.2, -0.15) is 4.31 Å². The maximum Gasteiger partial charge on any atom is 0.243 e. The maximum absolute atomic E-state index is 13.0. The fraction of sp³-hybridized carbons (Fsp3) is 0.200. The average molecular weight is 397 g/mol. The van der Waals surface area contributed by atoms with Crippen LogP contribution >= 0.6 is 0 Å². The molecule has 1 aliphatic heterocycles. The first-order valence-corrected chi connectivity index (χ1v) is 10.2. The molecule has 1 aromatic heterocycles. The van der Waals surface area contributed by atoms with Crippen LogP contribution in [0.2, 0.25) is 0 Å². The van der Waals surface area contributed by atoms with Gasteiger partial charge in [-0.05, 0) is 36.4 Å². The van der Waals surface area contributed by atoms with E-state index in [4.69, 9.17) is 9.47 Å². The summed E-state index contributed by atoms with van der Waals surface area (Å²) in [5, 5.41) is 0. The Bertz CT molecular complexity index is 1080. The molecule has 0 N–H and O–H groups in total. The Kier molecular flexibility index (Phi) is 4.97. The van der Waals surface area contributed by atoms with E-state index in [1.165, 1.54) is 10.6 Å². The van der Waals surface area contributed by atoms with Crippen LogP contribution in [0.3, 0.4) is 0 Å². The van der Waals surface area contributed by atoms with Gasteiger partial charge >= 0.3 is 0 Å². The first kappa shape index (κ1) is 18.4. The van der Waals surface area contributed by atoms with Crippen LogP contribution < -0.4 is 9.47 Å². The fourth-order valence-electron chi connectivity index (χ4n) is 3.10. The summed E-state index contributed by atoms with van der Waals surface area (Å²) in [7, 11) is -2.04. The summed E-state index contributed by atoms with van der Waals surface area (Å²) >= 11 is 0. The fourth-order valence-corrected chi connectivity index (χ4v) is 4.52. The molecule has 1 aliphatic rings. The highest BCUT2D eigenvalue weighted by Crippen LogP contribution is 2.32. The second kappa shape index (κ2) is 7.57. The highest BCUT2D eigenvalue weighted by molar-refractivity contribution is 7.89. The minimum Gasteiger partial charge on any atom is -0.493 e. The number of aromatic nitrogens is 2. The standard InChI is InChI=1S/C20H19N3O4S/c1-26-19-4-2-3-5-20(19)27-16-6-8-17(9-7-16)28(24,25)23-11-10-18-15(13-23)12-21-14-22-18/h2-9,12,14H,10-11,13H2,1H3. The summed E-state index contributed by atoms with van der Waals surface area (Å²) in [4.78, 5) is 8.43. The molecule has 0 amide bonds. The Morgan fingerprint density at radius 1 is 1.04 bits per heavy atom. The number of ether oxygens (including phenoxy) is 2. The van der Waals surface area contributed by atoms with E-state index in [2.05, 4.69) is 9.97 Å². The number of para-hydroxylation sites is 2. The molecule has 0 atom stereocenters. The van der Waals surface area contributed by atoms with Crippen LogP contribution in [0.25, 0.3) is 0 Å². The van der Waals surface area contributed by atoms with Crippen molar-refractivity contribution in [1.29, 1.82) is 0 Å². The minimum atomic E-state index is -3.61. The lowest BCUT2D eigenvalue weighted by atomic mass is 10.1. The van der Waals surface area contributed by atoms with Gasteiger partial charge in [0.25, 0.3) is 0 Å². The van der Waals surface area contributed by atoms with Crippen molar-refractivity contribution in [3.8, 4) is 17.2 Å². The second-order valence-electron chi connectivity index (χ2n) is 6.31. The normalized spacial score (nSPS) is 14.3. The first-order valence-electron chi connectivity index (χ1n) is 8.77. The summed E-state index contributed by atoms with van der Waals surface area (Å²) in [6, 6.07) is 13.7. The molecule has 0 aliphatic carbocycles. The van der Waals surface area contributed by atoms with Crippen molar-refractivity contribution in [3.05, 3.63) is 72.3 Å². The van der Waals surface area contributed by atoms with Crippen molar-refractivity contribution in [2.75, 3.05) is 13.7 Å². The summed E-state index contributed by atoms with van der Waals surface area (Å²) in [5.41, 5.74) is 1.75. The zero-order valence-electron chi connectivity index (χ0n) is 15.3. The van der Waals surface area contributed by atoms with Gasteiger partial charge in [0, 0.05) is 37.0 Å². The van der Waals surface area contributed by atoms with Gasteiger partial charge in [-0.3, -0.25) is 0 Å². The molecule has 2 heterocycles. The van der Waals surface area contributed by atoms with Gasteiger partial charge in [0.05, 0.1) is 12.0 Å². The van der Waals surface area contributed by atoms with Gasteiger partial charge in [0.15, 0.2) is 11.5 Å². The Labute approximate surface area is 163 Å². The Balaban J connectivity index is 1.53. The van der Waals surface area contributed by atoms with Crippen LogP contribution in [0, 0.1) is 0 Å². The number of hydrogen-bond donors (Lipinski definition) is 0. The Hall–Kier alpha value is -2.97. The zero-order valence-corrected chi connectivity index (χ0v) is 16.1. The third kappa shape index (κ3) is 3.56. The zero-order chi connectivity index (χ0) is 19.6. The molecule has 0 radical (unpaired) electrons. The molecule has 3 aromatic rings. The predicted molar refractivity (Wildman–Crippen MR) is 103 cm³/mol. The number of rotatable bonds is 5. The van der Waals surface area contributed by atoms with E-state index in [1.807, 2.05) is 12.1 Å². The molecule has 0 saturated carbocycles. The van der Waals surface area contributed by atoms with Gasteiger partial charge < -0.3 is 9.47 Å². The van der Waals surface area contributed by atoms with Crippen LogP contribution in [0.5, 0.6) is 17.2 Å². The largest absolute Gasteiger partial charge is 0.493 e. The van der Waals surface area contributed by atoms with Gasteiger partial charge in [0.2, 0.25) is 10.0 Å². The van der Waals surface area contributed by atoms with E-state index in [0.29, 0.717) is 30.2 Å². The van der Waals surface area contributed by atoms with E-state index in [9.17, 15) is 8.42 Å². The van der Waals surface area contributed by atoms with E-state index in [1.54, 1.807) is 49.7 Å². The van der Waals surface area contributed by atoms with E-state index < -0.39 is 10.0 Å². The smallest absolute Gasteiger partial charge is 0.243 e. The highest BCUT2D eigenvalue weighted by atomic mass is 32.2. The summed E-state index contributed by atoms with van der Waals surface area (Å²) < 4.78 is 38.5. The molecule has 7 nitrogen and oxygen atoms in total. The number of nitrogens with zero attached hydrogens (tertiary/aromatic N) is 3. The number of hydrogen-bond acceptors (Lipinski definition) is 6. The van der Waals surface area contributed by atoms with Crippen LogP contribution in [0.4, 0.5) is 0 Å². The van der Waals surface area contributed by atoms with Crippen molar-refractivity contribution in [2.45, 2.75) is 17.9 Å². The van der Waals surface area contributed by atoms with Gasteiger partial charge in [-0.1, -0.05) is 12.1 Å². The van der Waals surface area contributed by atoms with Crippen molar-refractivity contribution in [3.63, 3.8) is 0 Å². The lowest BCUT2D eigenvalue weighted by Gasteiger charge is -2.27. The van der Waals surface area contributed by atoms with Gasteiger partial charge in [0.1, 0.15) is 12.1 Å². The number of methoxy groups -OCH3 is 1. The molecule has 4 rings (SSSR count). The molecule has 144 valence electrons. The van der Waals surface area contributed by atoms with Crippen molar-refractivity contribution in [1.82, 2.24) is 14.3 Å². The molecule has 8 heteroatoms. The first-order chi connectivity index (χ1) is 13.6. The van der Waals surface area contributed by atoms with E-state index >= 15 is 0 Å². The Morgan fingerprint density at radius 3 is 2.54 bits per heavy atom. The minimum absolute atomic E-state index is 0.222. The molecule has 0 spiro atoms. The topological polar surface area (TPSA) is 81.6 Å². The third-order valence-electron chi connectivity index (χ3n) is 4.58. The summed E-state index contributed by atoms with van der Waals surface area (Å²) in [6.07, 6.45) is 3.74. The lowest BCUT2D eigenvalue weighted by Crippen LogP contribution is -2.36. The average Bonchev–Trinajstić information content (AvgIpc) is 2.74. The van der Waals surface area contributed by atoms with Crippen molar-refractivity contribution in [2.24, 2.45) is 0 Å². The highest BCUT2D eigenvalue weighted by Gasteiger charge is 2.29. The summed E-state index contributed by atoms with van der Waals surface area (Å²) in [5.74, 6) is 1.70. The molecular weight excluding hydrogens is 378 g/mol. The van der Waals surface area contributed by atoms with Crippen molar-refractivity contribution >= 4 is 10.0 Å². The quantitative estimate of drug-likeness (QED) is 0.658. The second-order valence-corrected chi connectivity index (χ2v) is 8.25. The molecule has 0 unspecified atom stereocenters. The molecule has 2 aromatic carbocycles. The number of fused-ring (bicyclic) bond motifs is 1. The monoisotopic (exact) mass is 397 g/mol. The number of sulfonamides is 1. The number of benzene rings is 2. The van der Waals surface area contributed by atoms with Crippen molar-refractivity contribution < 1.29 is 17.9 Å². The van der Waals surface area contributed by atoms with Gasteiger partial charge in [-0.15, -0.1) is 0 Å². The molecule has 0 bridgehead atoms. The SMILES string of the molecule is COc1ccccc1Oc1ccc(S(=O)(=O)N2CCc3ncncc3C2)cc1.